The number of carbonyl (C=O) groups is 1. The number of amides is 1. The van der Waals surface area contributed by atoms with Gasteiger partial charge in [0.05, 0.1) is 0 Å². The van der Waals surface area contributed by atoms with Gasteiger partial charge in [-0.3, -0.25) is 4.79 Å². The lowest BCUT2D eigenvalue weighted by molar-refractivity contribution is 0.101. The smallest absolute Gasteiger partial charge is 0.295 e. The van der Waals surface area contributed by atoms with Gasteiger partial charge in [-0.25, -0.2) is 9.50 Å². The van der Waals surface area contributed by atoms with Crippen molar-refractivity contribution in [2.45, 2.75) is 20.8 Å². The number of nitrogens with zero attached hydrogens (tertiary/aromatic N) is 4. The Hall–Kier alpha value is -2.76. The number of fused-ring (bicyclic) bond motifs is 1. The van der Waals surface area contributed by atoms with Gasteiger partial charge in [-0.15, -0.1) is 5.10 Å². The van der Waals surface area contributed by atoms with Crippen LogP contribution in [0.3, 0.4) is 0 Å². The molecular formula is C15H15N5O. The number of aryl methyl sites for hydroxylation is 3. The fourth-order valence-electron chi connectivity index (χ4n) is 2.01. The molecule has 0 radical (unpaired) electrons. The number of nitrogens with one attached hydrogen (secondary N) is 1. The fraction of sp³-hybridized carbons (Fsp3) is 0.200. The van der Waals surface area contributed by atoms with E-state index in [2.05, 4.69) is 20.4 Å². The lowest BCUT2D eigenvalue weighted by atomic mass is 10.1. The van der Waals surface area contributed by atoms with Crippen LogP contribution in [-0.4, -0.2) is 25.5 Å². The predicted octanol–water partition coefficient (Wildman–Crippen LogP) is 2.30. The highest BCUT2D eigenvalue weighted by Gasteiger charge is 2.14. The summed E-state index contributed by atoms with van der Waals surface area (Å²) < 4.78 is 1.55. The van der Waals surface area contributed by atoms with Gasteiger partial charge < -0.3 is 5.32 Å². The molecule has 6 nitrogen and oxygen atoms in total. The standard InChI is InChI=1S/C15H15N5O/c1-9-4-5-12(8-10(9)2)17-14(21)13-18-15-16-7-6-11(3)20(15)19-13/h4-8H,1-3H3,(H,17,21). The Morgan fingerprint density at radius 1 is 1.14 bits per heavy atom. The van der Waals surface area contributed by atoms with Crippen molar-refractivity contribution in [1.82, 2.24) is 19.6 Å². The zero-order chi connectivity index (χ0) is 15.0. The van der Waals surface area contributed by atoms with Crippen LogP contribution in [0.15, 0.2) is 30.5 Å². The number of rotatable bonds is 2. The van der Waals surface area contributed by atoms with E-state index in [1.54, 1.807) is 10.7 Å². The van der Waals surface area contributed by atoms with Crippen molar-refractivity contribution in [2.75, 3.05) is 5.32 Å². The molecule has 2 heterocycles. The summed E-state index contributed by atoms with van der Waals surface area (Å²) in [4.78, 5) is 20.4. The normalized spacial score (nSPS) is 10.8. The highest BCUT2D eigenvalue weighted by molar-refractivity contribution is 6.01. The summed E-state index contributed by atoms with van der Waals surface area (Å²) in [6.45, 7) is 5.91. The number of hydrogen-bond acceptors (Lipinski definition) is 4. The molecule has 0 bridgehead atoms. The van der Waals surface area contributed by atoms with Crippen molar-refractivity contribution >= 4 is 17.4 Å². The SMILES string of the molecule is Cc1ccc(NC(=O)c2nc3nccc(C)n3n2)cc1C. The minimum Gasteiger partial charge on any atom is -0.319 e. The molecule has 0 aliphatic heterocycles. The predicted molar refractivity (Wildman–Crippen MR) is 79.4 cm³/mol. The van der Waals surface area contributed by atoms with Gasteiger partial charge in [0, 0.05) is 17.6 Å². The first-order chi connectivity index (χ1) is 10.0. The Morgan fingerprint density at radius 3 is 2.67 bits per heavy atom. The van der Waals surface area contributed by atoms with Crippen molar-refractivity contribution in [3.63, 3.8) is 0 Å². The molecular weight excluding hydrogens is 266 g/mol. The molecule has 3 rings (SSSR count). The van der Waals surface area contributed by atoms with E-state index in [0.717, 1.165) is 16.9 Å². The molecule has 0 aliphatic carbocycles. The summed E-state index contributed by atoms with van der Waals surface area (Å²) in [6, 6.07) is 7.56. The second kappa shape index (κ2) is 4.97. The van der Waals surface area contributed by atoms with Gasteiger partial charge in [-0.2, -0.15) is 4.98 Å². The minimum atomic E-state index is -0.344. The van der Waals surface area contributed by atoms with Crippen LogP contribution in [0.4, 0.5) is 5.69 Å². The van der Waals surface area contributed by atoms with E-state index < -0.39 is 0 Å². The van der Waals surface area contributed by atoms with Gasteiger partial charge in [0.2, 0.25) is 5.82 Å². The number of aromatic nitrogens is 4. The van der Waals surface area contributed by atoms with Crippen LogP contribution >= 0.6 is 0 Å². The molecule has 0 unspecified atom stereocenters. The molecule has 0 spiro atoms. The summed E-state index contributed by atoms with van der Waals surface area (Å²) in [5.41, 5.74) is 3.90. The molecule has 1 N–H and O–H groups in total. The van der Waals surface area contributed by atoms with E-state index in [4.69, 9.17) is 0 Å². The number of hydrogen-bond donors (Lipinski definition) is 1. The monoisotopic (exact) mass is 281 g/mol. The third-order valence-electron chi connectivity index (χ3n) is 3.40. The van der Waals surface area contributed by atoms with Crippen LogP contribution in [0.5, 0.6) is 0 Å². The van der Waals surface area contributed by atoms with E-state index in [-0.39, 0.29) is 11.7 Å². The second-order valence-corrected chi connectivity index (χ2v) is 4.99. The Bertz CT molecular complexity index is 837. The summed E-state index contributed by atoms with van der Waals surface area (Å²) in [5, 5.41) is 6.98. The lowest BCUT2D eigenvalue weighted by Crippen LogP contribution is -2.14. The first kappa shape index (κ1) is 13.2. The van der Waals surface area contributed by atoms with E-state index in [9.17, 15) is 4.79 Å². The zero-order valence-corrected chi connectivity index (χ0v) is 12.1. The molecule has 2 aromatic heterocycles. The maximum absolute atomic E-state index is 12.2. The van der Waals surface area contributed by atoms with Crippen LogP contribution in [-0.2, 0) is 0 Å². The number of benzene rings is 1. The summed E-state index contributed by atoms with van der Waals surface area (Å²) in [5.74, 6) is 0.179. The van der Waals surface area contributed by atoms with Gasteiger partial charge >= 0.3 is 0 Å². The fourth-order valence-corrected chi connectivity index (χ4v) is 2.01. The second-order valence-electron chi connectivity index (χ2n) is 4.99. The molecule has 0 aliphatic rings. The van der Waals surface area contributed by atoms with Crippen molar-refractivity contribution in [2.24, 2.45) is 0 Å². The topological polar surface area (TPSA) is 72.2 Å². The Balaban J connectivity index is 1.90. The molecule has 21 heavy (non-hydrogen) atoms. The maximum Gasteiger partial charge on any atom is 0.295 e. The zero-order valence-electron chi connectivity index (χ0n) is 12.1. The molecule has 6 heteroatoms. The van der Waals surface area contributed by atoms with Gasteiger partial charge in [-0.1, -0.05) is 6.07 Å². The first-order valence-corrected chi connectivity index (χ1v) is 6.61. The van der Waals surface area contributed by atoms with Crippen LogP contribution in [0.1, 0.15) is 27.4 Å². The van der Waals surface area contributed by atoms with Gasteiger partial charge in [-0.05, 0) is 50.1 Å². The Kier molecular flexibility index (Phi) is 3.13. The molecule has 106 valence electrons. The molecule has 0 fully saturated rings. The largest absolute Gasteiger partial charge is 0.319 e. The average Bonchev–Trinajstić information content (AvgIpc) is 2.89. The minimum absolute atomic E-state index is 0.107. The lowest BCUT2D eigenvalue weighted by Gasteiger charge is -2.05. The van der Waals surface area contributed by atoms with Crippen LogP contribution < -0.4 is 5.32 Å². The van der Waals surface area contributed by atoms with Crippen LogP contribution in [0.2, 0.25) is 0 Å². The molecule has 0 saturated heterocycles. The van der Waals surface area contributed by atoms with Crippen LogP contribution in [0, 0.1) is 20.8 Å². The third kappa shape index (κ3) is 2.47. The first-order valence-electron chi connectivity index (χ1n) is 6.61. The molecule has 1 aromatic carbocycles. The highest BCUT2D eigenvalue weighted by atomic mass is 16.2. The van der Waals surface area contributed by atoms with E-state index >= 15 is 0 Å². The van der Waals surface area contributed by atoms with Crippen LogP contribution in [0.25, 0.3) is 5.78 Å². The Labute approximate surface area is 121 Å². The summed E-state index contributed by atoms with van der Waals surface area (Å²) in [6.07, 6.45) is 1.64. The van der Waals surface area contributed by atoms with Crippen molar-refractivity contribution in [3.05, 3.63) is 53.1 Å². The number of anilines is 1. The van der Waals surface area contributed by atoms with Crippen molar-refractivity contribution < 1.29 is 4.79 Å². The summed E-state index contributed by atoms with van der Waals surface area (Å²) in [7, 11) is 0. The third-order valence-corrected chi connectivity index (χ3v) is 3.40. The molecule has 0 saturated carbocycles. The molecule has 0 atom stereocenters. The summed E-state index contributed by atoms with van der Waals surface area (Å²) >= 11 is 0. The van der Waals surface area contributed by atoms with E-state index in [1.165, 1.54) is 5.56 Å². The van der Waals surface area contributed by atoms with Gasteiger partial charge in [0.15, 0.2) is 0 Å². The van der Waals surface area contributed by atoms with Gasteiger partial charge in [0.1, 0.15) is 0 Å². The average molecular weight is 281 g/mol. The maximum atomic E-state index is 12.2. The Morgan fingerprint density at radius 2 is 1.95 bits per heavy atom. The number of carbonyl (C=O) groups excluding carboxylic acids is 1. The molecule has 3 aromatic rings. The van der Waals surface area contributed by atoms with E-state index in [1.807, 2.05) is 45.0 Å². The van der Waals surface area contributed by atoms with Crippen molar-refractivity contribution in [1.29, 1.82) is 0 Å². The highest BCUT2D eigenvalue weighted by Crippen LogP contribution is 2.15. The van der Waals surface area contributed by atoms with Gasteiger partial charge in [0.25, 0.3) is 11.7 Å². The molecule has 1 amide bonds. The van der Waals surface area contributed by atoms with E-state index in [0.29, 0.717) is 5.78 Å². The quantitative estimate of drug-likeness (QED) is 0.782. The van der Waals surface area contributed by atoms with Crippen molar-refractivity contribution in [3.8, 4) is 0 Å².